The molecule has 0 heterocycles. The average molecular weight is 344 g/mol. The SMILES string of the molecule is CCOP(=O)(OCC)OC(C#CC(=O)OC)CC1=CCCCC1. The Morgan fingerprint density at radius 3 is 2.52 bits per heavy atom. The maximum absolute atomic E-state index is 12.5. The van der Waals surface area contributed by atoms with Crippen LogP contribution in [0.3, 0.4) is 0 Å². The fraction of sp³-hybridized carbons (Fsp3) is 0.688. The van der Waals surface area contributed by atoms with Crippen molar-refractivity contribution in [3.63, 3.8) is 0 Å². The fourth-order valence-corrected chi connectivity index (χ4v) is 3.47. The van der Waals surface area contributed by atoms with Gasteiger partial charge in [0.1, 0.15) is 6.10 Å². The monoisotopic (exact) mass is 344 g/mol. The molecule has 0 amide bonds. The molecule has 0 fully saturated rings. The van der Waals surface area contributed by atoms with E-state index in [2.05, 4.69) is 22.7 Å². The van der Waals surface area contributed by atoms with E-state index in [9.17, 15) is 9.36 Å². The van der Waals surface area contributed by atoms with E-state index in [-0.39, 0.29) is 13.2 Å². The predicted molar refractivity (Wildman–Crippen MR) is 86.7 cm³/mol. The minimum Gasteiger partial charge on any atom is -0.459 e. The number of allylic oxidation sites excluding steroid dienone is 1. The van der Waals surface area contributed by atoms with Gasteiger partial charge in [-0.2, -0.15) is 0 Å². The molecule has 6 nitrogen and oxygen atoms in total. The molecule has 7 heteroatoms. The fourth-order valence-electron chi connectivity index (χ4n) is 2.20. The summed E-state index contributed by atoms with van der Waals surface area (Å²) in [5.41, 5.74) is 1.18. The minimum atomic E-state index is -3.69. The van der Waals surface area contributed by atoms with Crippen LogP contribution in [-0.2, 0) is 27.7 Å². The van der Waals surface area contributed by atoms with E-state index >= 15 is 0 Å². The summed E-state index contributed by atoms with van der Waals surface area (Å²) >= 11 is 0. The van der Waals surface area contributed by atoms with Gasteiger partial charge < -0.3 is 4.74 Å². The molecular weight excluding hydrogens is 319 g/mol. The molecule has 0 aromatic carbocycles. The van der Waals surface area contributed by atoms with Gasteiger partial charge >= 0.3 is 13.8 Å². The van der Waals surface area contributed by atoms with Crippen LogP contribution in [-0.4, -0.2) is 32.4 Å². The summed E-state index contributed by atoms with van der Waals surface area (Å²) in [6.07, 6.45) is 6.10. The van der Waals surface area contributed by atoms with Crippen molar-refractivity contribution in [3.05, 3.63) is 11.6 Å². The first-order valence-corrected chi connectivity index (χ1v) is 9.34. The minimum absolute atomic E-state index is 0.192. The molecule has 1 unspecified atom stereocenters. The van der Waals surface area contributed by atoms with Crippen LogP contribution >= 0.6 is 7.82 Å². The van der Waals surface area contributed by atoms with E-state index in [1.807, 2.05) is 0 Å². The molecule has 0 saturated heterocycles. The Labute approximate surface area is 138 Å². The van der Waals surface area contributed by atoms with E-state index in [0.29, 0.717) is 6.42 Å². The number of phosphoric ester groups is 1. The van der Waals surface area contributed by atoms with Crippen LogP contribution < -0.4 is 0 Å². The lowest BCUT2D eigenvalue weighted by Gasteiger charge is -2.22. The molecule has 0 spiro atoms. The molecule has 0 aliphatic heterocycles. The third kappa shape index (κ3) is 7.81. The quantitative estimate of drug-likeness (QED) is 0.220. The third-order valence-electron chi connectivity index (χ3n) is 3.18. The zero-order valence-corrected chi connectivity index (χ0v) is 14.9. The number of hydrogen-bond acceptors (Lipinski definition) is 6. The molecule has 0 aromatic heterocycles. The lowest BCUT2D eigenvalue weighted by Crippen LogP contribution is -2.14. The van der Waals surface area contributed by atoms with E-state index in [1.165, 1.54) is 19.1 Å². The van der Waals surface area contributed by atoms with E-state index in [0.717, 1.165) is 19.3 Å². The number of hydrogen-bond donors (Lipinski definition) is 0. The van der Waals surface area contributed by atoms with Gasteiger partial charge in [0, 0.05) is 12.3 Å². The first-order chi connectivity index (χ1) is 11.0. The Kier molecular flexibility index (Phi) is 9.20. The molecule has 23 heavy (non-hydrogen) atoms. The summed E-state index contributed by atoms with van der Waals surface area (Å²) in [6.45, 7) is 3.79. The van der Waals surface area contributed by atoms with Gasteiger partial charge in [-0.05, 0) is 39.5 Å². The molecule has 130 valence electrons. The topological polar surface area (TPSA) is 71.1 Å². The Morgan fingerprint density at radius 2 is 2.00 bits per heavy atom. The van der Waals surface area contributed by atoms with Crippen molar-refractivity contribution in [2.75, 3.05) is 20.3 Å². The molecule has 1 aliphatic carbocycles. The summed E-state index contributed by atoms with van der Waals surface area (Å²) in [6, 6.07) is 0. The summed E-state index contributed by atoms with van der Waals surface area (Å²) in [5, 5.41) is 0. The molecule has 0 aromatic rings. The standard InChI is InChI=1S/C16H25O6P/c1-4-20-23(18,21-5-2)22-15(11-12-16(17)19-3)13-14-9-7-6-8-10-14/h9,15H,4-8,10,13H2,1-3H3. The second-order valence-electron chi connectivity index (χ2n) is 4.95. The van der Waals surface area contributed by atoms with Crippen LogP contribution in [0, 0.1) is 11.8 Å². The van der Waals surface area contributed by atoms with Crippen molar-refractivity contribution < 1.29 is 27.7 Å². The number of rotatable bonds is 8. The number of phosphoric acid groups is 1. The summed E-state index contributed by atoms with van der Waals surface area (Å²) in [7, 11) is -2.44. The maximum atomic E-state index is 12.5. The highest BCUT2D eigenvalue weighted by Gasteiger charge is 2.30. The van der Waals surface area contributed by atoms with Gasteiger partial charge in [0.15, 0.2) is 0 Å². The molecule has 0 saturated carbocycles. The average Bonchev–Trinajstić information content (AvgIpc) is 2.53. The largest absolute Gasteiger partial charge is 0.475 e. The molecule has 1 rings (SSSR count). The zero-order chi connectivity index (χ0) is 17.1. The van der Waals surface area contributed by atoms with Crippen LogP contribution in [0.15, 0.2) is 11.6 Å². The third-order valence-corrected chi connectivity index (χ3v) is 4.85. The lowest BCUT2D eigenvalue weighted by atomic mass is 9.95. The smallest absolute Gasteiger partial charge is 0.459 e. The van der Waals surface area contributed by atoms with E-state index in [1.54, 1.807) is 13.8 Å². The molecular formula is C16H25O6P. The van der Waals surface area contributed by atoms with Gasteiger partial charge in [0.25, 0.3) is 0 Å². The highest BCUT2D eigenvalue weighted by Crippen LogP contribution is 2.51. The normalized spacial score (nSPS) is 16.0. The number of esters is 1. The zero-order valence-electron chi connectivity index (χ0n) is 14.0. The first kappa shape index (κ1) is 19.9. The molecule has 0 N–H and O–H groups in total. The highest BCUT2D eigenvalue weighted by molar-refractivity contribution is 7.48. The van der Waals surface area contributed by atoms with Crippen LogP contribution in [0.1, 0.15) is 46.0 Å². The Hall–Kier alpha value is -1.12. The molecule has 0 bridgehead atoms. The van der Waals surface area contributed by atoms with Crippen molar-refractivity contribution in [1.82, 2.24) is 0 Å². The van der Waals surface area contributed by atoms with Crippen molar-refractivity contribution in [2.24, 2.45) is 0 Å². The second-order valence-corrected chi connectivity index (χ2v) is 6.57. The molecule has 1 atom stereocenters. The van der Waals surface area contributed by atoms with E-state index < -0.39 is 19.9 Å². The van der Waals surface area contributed by atoms with Gasteiger partial charge in [-0.15, -0.1) is 0 Å². The highest BCUT2D eigenvalue weighted by atomic mass is 31.2. The summed E-state index contributed by atoms with van der Waals surface area (Å²) < 4.78 is 32.8. The van der Waals surface area contributed by atoms with Crippen LogP contribution in [0.2, 0.25) is 0 Å². The van der Waals surface area contributed by atoms with Gasteiger partial charge in [-0.1, -0.05) is 17.6 Å². The van der Waals surface area contributed by atoms with Crippen LogP contribution in [0.5, 0.6) is 0 Å². The van der Waals surface area contributed by atoms with Crippen molar-refractivity contribution in [1.29, 1.82) is 0 Å². The maximum Gasteiger partial charge on any atom is 0.475 e. The number of carbonyl (C=O) groups excluding carboxylic acids is 1. The number of methoxy groups -OCH3 is 1. The Bertz CT molecular complexity index is 506. The van der Waals surface area contributed by atoms with Crippen LogP contribution in [0.4, 0.5) is 0 Å². The van der Waals surface area contributed by atoms with Gasteiger partial charge in [0.2, 0.25) is 0 Å². The predicted octanol–water partition coefficient (Wildman–Crippen LogP) is 3.62. The number of carbonyl (C=O) groups is 1. The van der Waals surface area contributed by atoms with Crippen molar-refractivity contribution in [3.8, 4) is 11.8 Å². The second kappa shape index (κ2) is 10.6. The summed E-state index contributed by atoms with van der Waals surface area (Å²) in [4.78, 5) is 11.2. The lowest BCUT2D eigenvalue weighted by molar-refractivity contribution is -0.133. The Morgan fingerprint density at radius 1 is 1.30 bits per heavy atom. The van der Waals surface area contributed by atoms with Crippen molar-refractivity contribution in [2.45, 2.75) is 52.1 Å². The first-order valence-electron chi connectivity index (χ1n) is 7.88. The Balaban J connectivity index is 2.87. The summed E-state index contributed by atoms with van der Waals surface area (Å²) in [5.74, 6) is 4.34. The van der Waals surface area contributed by atoms with Crippen LogP contribution in [0.25, 0.3) is 0 Å². The van der Waals surface area contributed by atoms with Gasteiger partial charge in [-0.3, -0.25) is 13.6 Å². The van der Waals surface area contributed by atoms with E-state index in [4.69, 9.17) is 13.6 Å². The molecule has 1 aliphatic rings. The molecule has 0 radical (unpaired) electrons. The van der Waals surface area contributed by atoms with Crippen molar-refractivity contribution >= 4 is 13.8 Å². The van der Waals surface area contributed by atoms with Gasteiger partial charge in [-0.25, -0.2) is 9.36 Å². The number of ether oxygens (including phenoxy) is 1. The van der Waals surface area contributed by atoms with Gasteiger partial charge in [0.05, 0.1) is 20.3 Å².